The Bertz CT molecular complexity index is 291. The summed E-state index contributed by atoms with van der Waals surface area (Å²) in [7, 11) is -4.65. The van der Waals surface area contributed by atoms with Crippen LogP contribution in [-0.4, -0.2) is 23.1 Å². The number of hydrogen-bond donors (Lipinski definition) is 0. The van der Waals surface area contributed by atoms with Crippen LogP contribution in [0.25, 0.3) is 0 Å². The first kappa shape index (κ1) is 7.86. The van der Waals surface area contributed by atoms with Crippen molar-refractivity contribution in [2.75, 3.05) is 0 Å². The average Bonchev–Trinajstić information content (AvgIpc) is 2.33. The van der Waals surface area contributed by atoms with E-state index in [0.29, 0.717) is 0 Å². The average molecular weight is 198 g/mol. The number of ether oxygens (including phenoxy) is 2. The van der Waals surface area contributed by atoms with Gasteiger partial charge in [-0.05, 0) is 0 Å². The molecule has 2 rings (SSSR count). The third-order valence-corrected chi connectivity index (χ3v) is 4.81. The van der Waals surface area contributed by atoms with Crippen LogP contribution in [-0.2, 0) is 19.1 Å². The standard InChI is InChI=1S/C5H5F2O4P/c1-5-4(12(5,6)7)10-2(8)3(9)11-5/h4,12H,1H3. The second kappa shape index (κ2) is 1.76. The molecule has 7 heteroatoms. The number of fused-ring (bicyclic) bond motifs is 1. The summed E-state index contributed by atoms with van der Waals surface area (Å²) in [6.07, 6.45) is 0. The van der Waals surface area contributed by atoms with Gasteiger partial charge in [0.05, 0.1) is 0 Å². The number of carbonyl (C=O) groups is 2. The summed E-state index contributed by atoms with van der Waals surface area (Å²) in [5.41, 5.74) is 0. The summed E-state index contributed by atoms with van der Waals surface area (Å²) < 4.78 is 34.1. The van der Waals surface area contributed by atoms with Crippen LogP contribution in [0.5, 0.6) is 0 Å². The molecule has 4 nitrogen and oxygen atoms in total. The molecule has 0 amide bonds. The fraction of sp³-hybridized carbons (Fsp3) is 0.600. The normalized spacial score (nSPS) is 45.4. The van der Waals surface area contributed by atoms with Gasteiger partial charge in [-0.2, -0.15) is 0 Å². The summed E-state index contributed by atoms with van der Waals surface area (Å²) in [6.45, 7) is 1.09. The number of carbonyl (C=O) groups excluding carboxylic acids is 2. The number of esters is 2. The SMILES string of the molecule is CC12OC(=O)C(=O)OC1[PH]2(F)F. The van der Waals surface area contributed by atoms with Gasteiger partial charge < -0.3 is 0 Å². The van der Waals surface area contributed by atoms with E-state index in [9.17, 15) is 18.0 Å². The number of halogens is 2. The Balaban J connectivity index is 2.30. The first-order chi connectivity index (χ1) is 5.39. The Labute approximate surface area is 66.4 Å². The van der Waals surface area contributed by atoms with Gasteiger partial charge in [-0.25, -0.2) is 0 Å². The second-order valence-corrected chi connectivity index (χ2v) is 5.67. The van der Waals surface area contributed by atoms with E-state index < -0.39 is 31.0 Å². The molecule has 0 spiro atoms. The zero-order valence-corrected chi connectivity index (χ0v) is 6.97. The maximum atomic E-state index is 12.8. The van der Waals surface area contributed by atoms with E-state index in [0.717, 1.165) is 6.92 Å². The van der Waals surface area contributed by atoms with Gasteiger partial charge in [0.25, 0.3) is 0 Å². The Morgan fingerprint density at radius 1 is 1.42 bits per heavy atom. The van der Waals surface area contributed by atoms with Gasteiger partial charge >= 0.3 is 65.4 Å². The monoisotopic (exact) mass is 198 g/mol. The van der Waals surface area contributed by atoms with E-state index in [4.69, 9.17) is 0 Å². The molecule has 0 aromatic rings. The molecule has 2 atom stereocenters. The Morgan fingerprint density at radius 3 is 2.50 bits per heavy atom. The third kappa shape index (κ3) is 0.641. The maximum absolute atomic E-state index is 12.8. The van der Waals surface area contributed by atoms with Crippen molar-refractivity contribution < 1.29 is 27.5 Å². The first-order valence-corrected chi connectivity index (χ1v) is 5.04. The molecule has 2 saturated heterocycles. The van der Waals surface area contributed by atoms with Crippen LogP contribution in [0.3, 0.4) is 0 Å². The van der Waals surface area contributed by atoms with Gasteiger partial charge in [-0.1, -0.05) is 0 Å². The van der Waals surface area contributed by atoms with E-state index in [-0.39, 0.29) is 0 Å². The van der Waals surface area contributed by atoms with Crippen molar-refractivity contribution in [3.8, 4) is 0 Å². The molecule has 2 aliphatic rings. The molecular formula is C5H5F2O4P. The van der Waals surface area contributed by atoms with Crippen LogP contribution >= 0.6 is 7.88 Å². The Hall–Kier alpha value is -0.770. The van der Waals surface area contributed by atoms with Crippen LogP contribution in [0.15, 0.2) is 0 Å². The van der Waals surface area contributed by atoms with E-state index in [1.54, 1.807) is 0 Å². The molecule has 0 N–H and O–H groups in total. The van der Waals surface area contributed by atoms with E-state index in [2.05, 4.69) is 9.47 Å². The van der Waals surface area contributed by atoms with E-state index in [1.165, 1.54) is 0 Å². The minimum atomic E-state index is -4.65. The van der Waals surface area contributed by atoms with Crippen molar-refractivity contribution in [2.24, 2.45) is 0 Å². The van der Waals surface area contributed by atoms with Crippen molar-refractivity contribution >= 4 is 19.8 Å². The third-order valence-electron chi connectivity index (χ3n) is 2.10. The Morgan fingerprint density at radius 2 is 2.00 bits per heavy atom. The van der Waals surface area contributed by atoms with Crippen LogP contribution in [0, 0.1) is 0 Å². The van der Waals surface area contributed by atoms with Crippen molar-refractivity contribution in [3.05, 3.63) is 0 Å². The Kier molecular flexibility index (Phi) is 1.15. The van der Waals surface area contributed by atoms with Crippen molar-refractivity contribution in [1.82, 2.24) is 0 Å². The van der Waals surface area contributed by atoms with Crippen LogP contribution in [0.2, 0.25) is 0 Å². The molecule has 2 unspecified atom stereocenters. The van der Waals surface area contributed by atoms with Crippen molar-refractivity contribution in [2.45, 2.75) is 18.1 Å². The summed E-state index contributed by atoms with van der Waals surface area (Å²) >= 11 is 0. The van der Waals surface area contributed by atoms with Gasteiger partial charge in [0.2, 0.25) is 0 Å². The predicted octanol–water partition coefficient (Wildman–Crippen LogP) is 0.661. The van der Waals surface area contributed by atoms with E-state index >= 15 is 0 Å². The van der Waals surface area contributed by atoms with Crippen LogP contribution < -0.4 is 0 Å². The van der Waals surface area contributed by atoms with Crippen molar-refractivity contribution in [3.63, 3.8) is 0 Å². The quantitative estimate of drug-likeness (QED) is 0.326. The molecule has 0 aromatic heterocycles. The number of hydrogen-bond acceptors (Lipinski definition) is 4. The summed E-state index contributed by atoms with van der Waals surface area (Å²) in [4.78, 5) is 21.0. The molecule has 12 heavy (non-hydrogen) atoms. The molecule has 2 heterocycles. The van der Waals surface area contributed by atoms with Crippen LogP contribution in [0.4, 0.5) is 8.39 Å². The summed E-state index contributed by atoms with van der Waals surface area (Å²) in [5, 5.41) is -1.79. The fourth-order valence-electron chi connectivity index (χ4n) is 1.17. The summed E-state index contributed by atoms with van der Waals surface area (Å²) in [5.74, 6) is -4.10. The fourth-order valence-corrected chi connectivity index (χ4v) is 3.04. The molecular weight excluding hydrogens is 193 g/mol. The van der Waals surface area contributed by atoms with Gasteiger partial charge in [0, 0.05) is 0 Å². The topological polar surface area (TPSA) is 52.6 Å². The molecule has 0 aliphatic carbocycles. The van der Waals surface area contributed by atoms with Gasteiger partial charge in [0.1, 0.15) is 0 Å². The molecule has 2 fully saturated rings. The molecule has 2 aliphatic heterocycles. The second-order valence-electron chi connectivity index (χ2n) is 2.90. The molecule has 0 saturated carbocycles. The van der Waals surface area contributed by atoms with Gasteiger partial charge in [-0.3, -0.25) is 0 Å². The molecule has 0 aromatic carbocycles. The van der Waals surface area contributed by atoms with Gasteiger partial charge in [-0.15, -0.1) is 0 Å². The van der Waals surface area contributed by atoms with E-state index in [1.807, 2.05) is 0 Å². The summed E-state index contributed by atoms with van der Waals surface area (Å²) in [6, 6.07) is 0. The number of rotatable bonds is 0. The zero-order chi connectivity index (χ0) is 9.15. The molecule has 0 bridgehead atoms. The minimum absolute atomic E-state index is 1.09. The molecule has 0 radical (unpaired) electrons. The van der Waals surface area contributed by atoms with Gasteiger partial charge in [0.15, 0.2) is 0 Å². The molecule has 68 valence electrons. The zero-order valence-electron chi connectivity index (χ0n) is 5.97. The predicted molar refractivity (Wildman–Crippen MR) is 34.9 cm³/mol. The van der Waals surface area contributed by atoms with Crippen LogP contribution in [0.1, 0.15) is 6.92 Å². The first-order valence-electron chi connectivity index (χ1n) is 3.21. The van der Waals surface area contributed by atoms with Crippen molar-refractivity contribution in [1.29, 1.82) is 0 Å².